The first kappa shape index (κ1) is 21.0. The van der Waals surface area contributed by atoms with E-state index in [1.54, 1.807) is 0 Å². The predicted molar refractivity (Wildman–Crippen MR) is 181 cm³/mol. The van der Waals surface area contributed by atoms with Crippen molar-refractivity contribution in [3.63, 3.8) is 0 Å². The fraction of sp³-hybridized carbons (Fsp3) is 0. The van der Waals surface area contributed by atoms with Crippen molar-refractivity contribution < 1.29 is 4.42 Å². The maximum atomic E-state index is 6.56. The number of hydrogen-bond donors (Lipinski definition) is 0. The summed E-state index contributed by atoms with van der Waals surface area (Å²) in [6.07, 6.45) is 0. The van der Waals surface area contributed by atoms with Crippen LogP contribution in [0.2, 0.25) is 0 Å². The predicted octanol–water partition coefficient (Wildman–Crippen LogP) is 11.0. The summed E-state index contributed by atoms with van der Waals surface area (Å²) in [5.41, 5.74) is 9.43. The number of rotatable bonds is 0. The highest BCUT2D eigenvalue weighted by Crippen LogP contribution is 2.47. The van der Waals surface area contributed by atoms with Crippen LogP contribution in [-0.4, -0.2) is 8.80 Å². The minimum absolute atomic E-state index is 0.936. The Balaban J connectivity index is 1.36. The van der Waals surface area contributed by atoms with E-state index in [4.69, 9.17) is 4.42 Å². The van der Waals surface area contributed by atoms with Crippen LogP contribution >= 0.6 is 0 Å². The minimum atomic E-state index is 0.936. The van der Waals surface area contributed by atoms with Crippen LogP contribution in [0.15, 0.2) is 126 Å². The lowest BCUT2D eigenvalue weighted by atomic mass is 9.99. The first-order chi connectivity index (χ1) is 21.3. The Morgan fingerprint density at radius 1 is 0.372 bits per heavy atom. The average molecular weight is 545 g/mol. The van der Waals surface area contributed by atoms with Gasteiger partial charge in [-0.15, -0.1) is 0 Å². The van der Waals surface area contributed by atoms with Gasteiger partial charge in [0.15, 0.2) is 0 Å². The van der Waals surface area contributed by atoms with Crippen molar-refractivity contribution in [2.24, 2.45) is 0 Å². The molecule has 0 saturated carbocycles. The third-order valence-electron chi connectivity index (χ3n) is 10.1. The van der Waals surface area contributed by atoms with Gasteiger partial charge in [0.25, 0.3) is 0 Å². The Bertz CT molecular complexity index is 3170. The first-order valence-electron chi connectivity index (χ1n) is 14.9. The van der Waals surface area contributed by atoms with Gasteiger partial charge in [0, 0.05) is 48.5 Å². The number of hydrogen-bond acceptors (Lipinski definition) is 1. The van der Waals surface area contributed by atoms with Crippen molar-refractivity contribution in [3.8, 4) is 0 Å². The van der Waals surface area contributed by atoms with Crippen molar-refractivity contribution in [1.29, 1.82) is 0 Å². The zero-order valence-corrected chi connectivity index (χ0v) is 22.8. The monoisotopic (exact) mass is 544 g/mol. The van der Waals surface area contributed by atoms with Crippen LogP contribution in [0.1, 0.15) is 0 Å². The molecule has 3 heteroatoms. The van der Waals surface area contributed by atoms with Gasteiger partial charge >= 0.3 is 0 Å². The Hall–Kier alpha value is -5.80. The SMILES string of the molecule is c1ccc2c(c1)cc1c3ccccc3n3c4cc5c(cc4c2c13)c1cccc2c3c4oc6ccccc6c4ccc3n5c12. The highest BCUT2D eigenvalue weighted by molar-refractivity contribution is 6.35. The lowest BCUT2D eigenvalue weighted by Crippen LogP contribution is -1.84. The zero-order chi connectivity index (χ0) is 27.6. The van der Waals surface area contributed by atoms with Gasteiger partial charge in [-0.05, 0) is 53.2 Å². The number of benzene rings is 7. The van der Waals surface area contributed by atoms with Gasteiger partial charge < -0.3 is 13.2 Å². The van der Waals surface area contributed by atoms with Crippen molar-refractivity contribution in [2.75, 3.05) is 0 Å². The lowest BCUT2D eigenvalue weighted by Gasteiger charge is -2.03. The molecule has 0 aliphatic heterocycles. The summed E-state index contributed by atoms with van der Waals surface area (Å²) >= 11 is 0. The maximum Gasteiger partial charge on any atom is 0.145 e. The normalized spacial score (nSPS) is 13.1. The topological polar surface area (TPSA) is 22.0 Å². The minimum Gasteiger partial charge on any atom is -0.455 e. The second-order valence-electron chi connectivity index (χ2n) is 12.1. The van der Waals surface area contributed by atoms with Gasteiger partial charge in [-0.25, -0.2) is 0 Å². The van der Waals surface area contributed by atoms with Crippen molar-refractivity contribution in [1.82, 2.24) is 8.80 Å². The molecule has 43 heavy (non-hydrogen) atoms. The van der Waals surface area contributed by atoms with E-state index < -0.39 is 0 Å². The van der Waals surface area contributed by atoms with Gasteiger partial charge in [-0.2, -0.15) is 0 Å². The standard InChI is InChI=1S/C40H20N2O/c1-2-9-22-21(8-1)18-29-23-10-3-5-14-31(23)41-34-20-33-28(19-30(34)36(22)39(29)41)25-12-7-13-27-37-32(42(33)38(25)27)17-16-26-24-11-4-6-15-35(24)43-40(26)37/h1-20H. The number of aromatic nitrogens is 2. The first-order valence-corrected chi connectivity index (χ1v) is 14.9. The molecule has 0 atom stereocenters. The van der Waals surface area contributed by atoms with Crippen LogP contribution in [0.5, 0.6) is 0 Å². The van der Waals surface area contributed by atoms with E-state index in [-0.39, 0.29) is 0 Å². The molecule has 196 valence electrons. The summed E-state index contributed by atoms with van der Waals surface area (Å²) in [6.45, 7) is 0. The van der Waals surface area contributed by atoms with Gasteiger partial charge in [-0.3, -0.25) is 0 Å². The molecule has 7 aromatic carbocycles. The second kappa shape index (κ2) is 6.80. The molecule has 0 N–H and O–H groups in total. The molecule has 12 aromatic rings. The Labute approximate surface area is 243 Å². The molecule has 0 aliphatic carbocycles. The third-order valence-corrected chi connectivity index (χ3v) is 10.1. The highest BCUT2D eigenvalue weighted by atomic mass is 16.3. The van der Waals surface area contributed by atoms with Crippen LogP contribution in [0.4, 0.5) is 0 Å². The summed E-state index contributed by atoms with van der Waals surface area (Å²) in [6, 6.07) is 44.6. The molecule has 0 unspecified atom stereocenters. The molecule has 0 saturated heterocycles. The van der Waals surface area contributed by atoms with Crippen LogP contribution in [0.3, 0.4) is 0 Å². The molecule has 5 aromatic heterocycles. The van der Waals surface area contributed by atoms with Gasteiger partial charge in [0.2, 0.25) is 0 Å². The zero-order valence-electron chi connectivity index (χ0n) is 22.8. The lowest BCUT2D eigenvalue weighted by molar-refractivity contribution is 0.673. The van der Waals surface area contributed by atoms with Crippen molar-refractivity contribution in [3.05, 3.63) is 121 Å². The molecule has 12 rings (SSSR count). The summed E-state index contributed by atoms with van der Waals surface area (Å²) < 4.78 is 11.5. The molecule has 0 fully saturated rings. The van der Waals surface area contributed by atoms with Gasteiger partial charge in [0.05, 0.1) is 38.5 Å². The Morgan fingerprint density at radius 3 is 2.07 bits per heavy atom. The Morgan fingerprint density at radius 2 is 1.12 bits per heavy atom. The van der Waals surface area contributed by atoms with Crippen molar-refractivity contribution >= 4 is 109 Å². The van der Waals surface area contributed by atoms with E-state index in [2.05, 4.69) is 124 Å². The van der Waals surface area contributed by atoms with E-state index in [1.807, 2.05) is 6.07 Å². The van der Waals surface area contributed by atoms with E-state index in [9.17, 15) is 0 Å². The molecular formula is C40H20N2O. The molecule has 0 bridgehead atoms. The fourth-order valence-electron chi connectivity index (χ4n) is 8.48. The molecule has 0 spiro atoms. The fourth-order valence-corrected chi connectivity index (χ4v) is 8.48. The summed E-state index contributed by atoms with van der Waals surface area (Å²) in [5, 5.41) is 15.2. The van der Waals surface area contributed by atoms with E-state index in [0.717, 1.165) is 11.2 Å². The van der Waals surface area contributed by atoms with Crippen LogP contribution in [-0.2, 0) is 0 Å². The van der Waals surface area contributed by atoms with E-state index in [0.29, 0.717) is 0 Å². The molecule has 0 radical (unpaired) electrons. The van der Waals surface area contributed by atoms with Crippen molar-refractivity contribution in [2.45, 2.75) is 0 Å². The van der Waals surface area contributed by atoms with Gasteiger partial charge in [0.1, 0.15) is 11.2 Å². The maximum absolute atomic E-state index is 6.56. The van der Waals surface area contributed by atoms with Crippen LogP contribution in [0, 0.1) is 0 Å². The number of fused-ring (bicyclic) bond motifs is 18. The summed E-state index contributed by atoms with van der Waals surface area (Å²) in [4.78, 5) is 0. The average Bonchev–Trinajstić information content (AvgIpc) is 3.84. The largest absolute Gasteiger partial charge is 0.455 e. The third kappa shape index (κ3) is 2.22. The highest BCUT2D eigenvalue weighted by Gasteiger charge is 2.24. The molecule has 0 aliphatic rings. The number of nitrogens with zero attached hydrogens (tertiary/aromatic N) is 2. The number of furan rings is 1. The summed E-state index contributed by atoms with van der Waals surface area (Å²) in [7, 11) is 0. The van der Waals surface area contributed by atoms with Gasteiger partial charge in [-0.1, -0.05) is 78.9 Å². The number of para-hydroxylation sites is 3. The smallest absolute Gasteiger partial charge is 0.145 e. The quantitative estimate of drug-likeness (QED) is 0.186. The van der Waals surface area contributed by atoms with Crippen LogP contribution < -0.4 is 0 Å². The van der Waals surface area contributed by atoms with E-state index in [1.165, 1.54) is 97.7 Å². The molecule has 0 amide bonds. The summed E-state index contributed by atoms with van der Waals surface area (Å²) in [5.74, 6) is 0. The van der Waals surface area contributed by atoms with Crippen LogP contribution in [0.25, 0.3) is 109 Å². The molecule has 5 heterocycles. The van der Waals surface area contributed by atoms with E-state index >= 15 is 0 Å². The molecular weight excluding hydrogens is 524 g/mol. The Kier molecular flexibility index (Phi) is 3.32. The second-order valence-corrected chi connectivity index (χ2v) is 12.1. The molecule has 3 nitrogen and oxygen atoms in total.